The Kier molecular flexibility index (Phi) is 10.3. The summed E-state index contributed by atoms with van der Waals surface area (Å²) in [5, 5.41) is 2.97. The van der Waals surface area contributed by atoms with E-state index in [1.54, 1.807) is 30.3 Å². The molecule has 0 aliphatic rings. The largest absolute Gasteiger partial charge is 0.352 e. The van der Waals surface area contributed by atoms with Crippen molar-refractivity contribution in [3.8, 4) is 0 Å². The van der Waals surface area contributed by atoms with Crippen LogP contribution < -0.4 is 9.62 Å². The van der Waals surface area contributed by atoms with Crippen molar-refractivity contribution >= 4 is 27.7 Å². The number of nitrogens with one attached hydrogen (secondary N) is 1. The van der Waals surface area contributed by atoms with E-state index in [0.29, 0.717) is 12.1 Å². The summed E-state index contributed by atoms with van der Waals surface area (Å²) in [6.07, 6.45) is 1.16. The Morgan fingerprint density at radius 1 is 0.943 bits per heavy atom. The number of carbonyl (C=O) groups excluding carboxylic acids is 2. The average molecular weight is 503 g/mol. The molecule has 0 radical (unpaired) electrons. The van der Waals surface area contributed by atoms with Crippen molar-refractivity contribution in [3.05, 3.63) is 65.7 Å². The number of para-hydroxylation sites is 1. The minimum atomic E-state index is -3.96. The van der Waals surface area contributed by atoms with Gasteiger partial charge in [0.1, 0.15) is 12.6 Å². The summed E-state index contributed by atoms with van der Waals surface area (Å²) >= 11 is 0. The lowest BCUT2D eigenvalue weighted by atomic mass is 10.1. The highest BCUT2D eigenvalue weighted by Gasteiger charge is 2.33. The van der Waals surface area contributed by atoms with Crippen molar-refractivity contribution in [2.45, 2.75) is 59.2 Å². The second kappa shape index (κ2) is 12.7. The summed E-state index contributed by atoms with van der Waals surface area (Å²) in [5.74, 6) is -0.699. The Hall–Kier alpha value is -2.91. The van der Waals surface area contributed by atoms with E-state index in [1.165, 1.54) is 19.0 Å². The van der Waals surface area contributed by atoms with Gasteiger partial charge in [-0.1, -0.05) is 61.9 Å². The summed E-state index contributed by atoms with van der Waals surface area (Å²) in [4.78, 5) is 28.4. The maximum absolute atomic E-state index is 13.7. The van der Waals surface area contributed by atoms with Crippen LogP contribution in [-0.4, -0.2) is 62.2 Å². The predicted octanol–water partition coefficient (Wildman–Crippen LogP) is 3.33. The summed E-state index contributed by atoms with van der Waals surface area (Å²) in [7, 11) is -1.11. The molecule has 0 spiro atoms. The van der Waals surface area contributed by atoms with Crippen LogP contribution in [0.2, 0.25) is 0 Å². The summed E-state index contributed by atoms with van der Waals surface area (Å²) < 4.78 is 28.4. The Morgan fingerprint density at radius 3 is 2.06 bits per heavy atom. The van der Waals surface area contributed by atoms with Gasteiger partial charge >= 0.3 is 10.2 Å². The van der Waals surface area contributed by atoms with Crippen LogP contribution in [0.3, 0.4) is 0 Å². The molecule has 0 saturated heterocycles. The molecular weight excluding hydrogens is 464 g/mol. The standard InChI is InChI=1S/C26H38N4O4S/c1-7-21(4)27-26(32)24(8-2)29(18-22-16-14-20(3)15-17-22)25(31)19-30(35(33,34)28(5)6)23-12-10-9-11-13-23/h9-17,21,24H,7-8,18-19H2,1-6H3,(H,27,32)/t21-,24-/m1/s1. The molecule has 1 N–H and O–H groups in total. The van der Waals surface area contributed by atoms with E-state index in [9.17, 15) is 18.0 Å². The molecule has 0 saturated carbocycles. The Morgan fingerprint density at radius 2 is 1.54 bits per heavy atom. The Labute approximate surface area is 210 Å². The molecule has 0 aromatic heterocycles. The average Bonchev–Trinajstić information content (AvgIpc) is 2.83. The zero-order valence-corrected chi connectivity index (χ0v) is 22.4. The molecular formula is C26H38N4O4S. The summed E-state index contributed by atoms with van der Waals surface area (Å²) in [5.41, 5.74) is 2.32. The van der Waals surface area contributed by atoms with E-state index in [-0.39, 0.29) is 18.5 Å². The van der Waals surface area contributed by atoms with Gasteiger partial charge in [0.2, 0.25) is 11.8 Å². The number of benzene rings is 2. The van der Waals surface area contributed by atoms with E-state index >= 15 is 0 Å². The number of anilines is 1. The number of hydrogen-bond acceptors (Lipinski definition) is 4. The van der Waals surface area contributed by atoms with Crippen molar-refractivity contribution in [1.29, 1.82) is 0 Å². The summed E-state index contributed by atoms with van der Waals surface area (Å²) in [6.45, 7) is 7.48. The molecule has 9 heteroatoms. The lowest BCUT2D eigenvalue weighted by Crippen LogP contribution is -2.54. The first-order chi connectivity index (χ1) is 16.5. The van der Waals surface area contributed by atoms with Gasteiger partial charge in [-0.2, -0.15) is 12.7 Å². The van der Waals surface area contributed by atoms with Crippen LogP contribution in [0.1, 0.15) is 44.7 Å². The molecule has 0 fully saturated rings. The zero-order chi connectivity index (χ0) is 26.2. The third-order valence-electron chi connectivity index (χ3n) is 5.92. The molecule has 0 bridgehead atoms. The molecule has 2 rings (SSSR count). The lowest BCUT2D eigenvalue weighted by Gasteiger charge is -2.34. The molecule has 0 aliphatic heterocycles. The molecule has 192 valence electrons. The molecule has 2 atom stereocenters. The zero-order valence-electron chi connectivity index (χ0n) is 21.6. The molecule has 0 heterocycles. The van der Waals surface area contributed by atoms with Gasteiger partial charge in [0.15, 0.2) is 0 Å². The fourth-order valence-corrected chi connectivity index (χ4v) is 4.62. The number of nitrogens with zero attached hydrogens (tertiary/aromatic N) is 3. The monoisotopic (exact) mass is 502 g/mol. The SMILES string of the molecule is CC[C@@H](C)NC(=O)[C@@H](CC)N(Cc1ccc(C)cc1)C(=O)CN(c1ccccc1)S(=O)(=O)N(C)C. The van der Waals surface area contributed by atoms with Crippen LogP contribution in [0, 0.1) is 6.92 Å². The number of aryl methyl sites for hydroxylation is 1. The highest BCUT2D eigenvalue weighted by atomic mass is 32.2. The predicted molar refractivity (Wildman–Crippen MR) is 140 cm³/mol. The number of carbonyl (C=O) groups is 2. The fraction of sp³-hybridized carbons (Fsp3) is 0.462. The number of amides is 2. The van der Waals surface area contributed by atoms with Gasteiger partial charge in [-0.15, -0.1) is 0 Å². The quantitative estimate of drug-likeness (QED) is 0.482. The Bertz CT molecular complexity index is 1070. The Balaban J connectivity index is 2.46. The van der Waals surface area contributed by atoms with Crippen molar-refractivity contribution in [3.63, 3.8) is 0 Å². The highest BCUT2D eigenvalue weighted by Crippen LogP contribution is 2.21. The van der Waals surface area contributed by atoms with E-state index in [4.69, 9.17) is 0 Å². The normalized spacial score (nSPS) is 13.2. The van der Waals surface area contributed by atoms with Gasteiger partial charge in [0.05, 0.1) is 5.69 Å². The molecule has 0 unspecified atom stereocenters. The first-order valence-electron chi connectivity index (χ1n) is 11.9. The fourth-order valence-electron chi connectivity index (χ4n) is 3.56. The van der Waals surface area contributed by atoms with Gasteiger partial charge in [0, 0.05) is 26.7 Å². The number of rotatable bonds is 12. The minimum absolute atomic E-state index is 0.0391. The molecule has 2 amide bonds. The van der Waals surface area contributed by atoms with E-state index in [1.807, 2.05) is 52.0 Å². The van der Waals surface area contributed by atoms with Crippen molar-refractivity contribution in [2.24, 2.45) is 0 Å². The van der Waals surface area contributed by atoms with Crippen LogP contribution in [0.5, 0.6) is 0 Å². The smallest absolute Gasteiger partial charge is 0.304 e. The minimum Gasteiger partial charge on any atom is -0.352 e. The van der Waals surface area contributed by atoms with Crippen LogP contribution in [-0.2, 0) is 26.3 Å². The molecule has 0 aliphatic carbocycles. The highest BCUT2D eigenvalue weighted by molar-refractivity contribution is 7.90. The van der Waals surface area contributed by atoms with Crippen LogP contribution >= 0.6 is 0 Å². The second-order valence-electron chi connectivity index (χ2n) is 8.88. The van der Waals surface area contributed by atoms with Crippen molar-refractivity contribution in [2.75, 3.05) is 24.9 Å². The second-order valence-corrected chi connectivity index (χ2v) is 10.9. The summed E-state index contributed by atoms with van der Waals surface area (Å²) in [6, 6.07) is 15.5. The molecule has 2 aromatic rings. The van der Waals surface area contributed by atoms with Gasteiger partial charge in [-0.25, -0.2) is 4.31 Å². The maximum atomic E-state index is 13.7. The number of hydrogen-bond donors (Lipinski definition) is 1. The van der Waals surface area contributed by atoms with Crippen molar-refractivity contribution in [1.82, 2.24) is 14.5 Å². The van der Waals surface area contributed by atoms with Crippen LogP contribution in [0.15, 0.2) is 54.6 Å². The van der Waals surface area contributed by atoms with Crippen molar-refractivity contribution < 1.29 is 18.0 Å². The van der Waals surface area contributed by atoms with E-state index in [2.05, 4.69) is 5.32 Å². The van der Waals surface area contributed by atoms with E-state index < -0.39 is 28.7 Å². The third-order valence-corrected chi connectivity index (χ3v) is 7.74. The topological polar surface area (TPSA) is 90.0 Å². The third kappa shape index (κ3) is 7.53. The molecule has 2 aromatic carbocycles. The van der Waals surface area contributed by atoms with E-state index in [0.717, 1.165) is 26.2 Å². The van der Waals surface area contributed by atoms with Gasteiger partial charge < -0.3 is 10.2 Å². The van der Waals surface area contributed by atoms with Crippen LogP contribution in [0.4, 0.5) is 5.69 Å². The first kappa shape index (κ1) is 28.3. The van der Waals surface area contributed by atoms with Gasteiger partial charge in [0.25, 0.3) is 0 Å². The van der Waals surface area contributed by atoms with Gasteiger partial charge in [-0.05, 0) is 44.4 Å². The van der Waals surface area contributed by atoms with Gasteiger partial charge in [-0.3, -0.25) is 9.59 Å². The lowest BCUT2D eigenvalue weighted by molar-refractivity contribution is -0.140. The molecule has 8 nitrogen and oxygen atoms in total. The van der Waals surface area contributed by atoms with Crippen LogP contribution in [0.25, 0.3) is 0 Å². The maximum Gasteiger partial charge on any atom is 0.304 e. The first-order valence-corrected chi connectivity index (χ1v) is 13.3. The molecule has 35 heavy (non-hydrogen) atoms.